The lowest BCUT2D eigenvalue weighted by Gasteiger charge is -2.14. The van der Waals surface area contributed by atoms with E-state index < -0.39 is 6.09 Å². The molecule has 1 amide bonds. The van der Waals surface area contributed by atoms with Crippen LogP contribution in [0.5, 0.6) is 0 Å². The maximum atomic E-state index is 11.7. The number of halogens is 2. The van der Waals surface area contributed by atoms with Gasteiger partial charge in [-0.05, 0) is 41.7 Å². The van der Waals surface area contributed by atoms with Crippen LogP contribution in [0.15, 0.2) is 51.8 Å². The van der Waals surface area contributed by atoms with Crippen LogP contribution in [-0.4, -0.2) is 28.5 Å². The topological polar surface area (TPSA) is 56.1 Å². The SMILES string of the molecule is C#C/C(Cl)=C\C/C(Cl)=C\CSc1c(C(C)C)c(CNC(=O)OC)c(C)n1Cc1ccncc1. The Morgan fingerprint density at radius 2 is 2.03 bits per heavy atom. The van der Waals surface area contributed by atoms with Crippen molar-refractivity contribution in [3.8, 4) is 12.3 Å². The van der Waals surface area contributed by atoms with Crippen molar-refractivity contribution in [3.05, 3.63) is 69.1 Å². The summed E-state index contributed by atoms with van der Waals surface area (Å²) in [7, 11) is 1.36. The first-order valence-corrected chi connectivity index (χ1v) is 12.2. The Hall–Kier alpha value is -2.33. The largest absolute Gasteiger partial charge is 0.453 e. The average molecular weight is 506 g/mol. The van der Waals surface area contributed by atoms with Crippen molar-refractivity contribution in [3.63, 3.8) is 0 Å². The molecule has 0 aliphatic carbocycles. The third-order valence-electron chi connectivity index (χ3n) is 5.04. The molecule has 0 spiro atoms. The Kier molecular flexibility index (Phi) is 10.9. The summed E-state index contributed by atoms with van der Waals surface area (Å²) in [6.45, 7) is 7.50. The number of nitrogens with zero attached hydrogens (tertiary/aromatic N) is 2. The second kappa shape index (κ2) is 13.4. The van der Waals surface area contributed by atoms with E-state index in [1.165, 1.54) is 12.7 Å². The molecule has 1 N–H and O–H groups in total. The lowest BCUT2D eigenvalue weighted by molar-refractivity contribution is 0.170. The Bertz CT molecular complexity index is 1050. The number of allylic oxidation sites excluding steroid dienone is 3. The van der Waals surface area contributed by atoms with Crippen molar-refractivity contribution in [1.82, 2.24) is 14.9 Å². The van der Waals surface area contributed by atoms with Crippen LogP contribution in [-0.2, 0) is 17.8 Å². The molecule has 8 heteroatoms. The zero-order valence-electron chi connectivity index (χ0n) is 19.3. The molecular formula is C25H29Cl2N3O2S. The number of nitrogens with one attached hydrogen (secondary N) is 1. The number of ether oxygens (including phenoxy) is 1. The Morgan fingerprint density at radius 3 is 2.64 bits per heavy atom. The van der Waals surface area contributed by atoms with Gasteiger partial charge in [-0.2, -0.15) is 0 Å². The van der Waals surface area contributed by atoms with Crippen molar-refractivity contribution >= 4 is 41.1 Å². The molecule has 0 fully saturated rings. The third-order valence-corrected chi connectivity index (χ3v) is 6.66. The molecule has 0 radical (unpaired) electrons. The fourth-order valence-corrected chi connectivity index (χ4v) is 5.03. The zero-order chi connectivity index (χ0) is 24.4. The molecule has 0 saturated carbocycles. The number of alkyl carbamates (subject to hydrolysis) is 1. The first-order valence-electron chi connectivity index (χ1n) is 10.5. The van der Waals surface area contributed by atoms with E-state index in [0.717, 1.165) is 21.8 Å². The van der Waals surface area contributed by atoms with Crippen LogP contribution in [0.25, 0.3) is 0 Å². The summed E-state index contributed by atoms with van der Waals surface area (Å²) < 4.78 is 7.06. The number of carbonyl (C=O) groups excluding carboxylic acids is 1. The summed E-state index contributed by atoms with van der Waals surface area (Å²) in [6.07, 6.45) is 12.6. The van der Waals surface area contributed by atoms with Crippen LogP contribution in [0.4, 0.5) is 4.79 Å². The number of terminal acetylenes is 1. The molecule has 2 aromatic heterocycles. The van der Waals surface area contributed by atoms with Crippen molar-refractivity contribution in [2.45, 2.75) is 51.2 Å². The fraction of sp³-hybridized carbons (Fsp3) is 0.360. The van der Waals surface area contributed by atoms with Crippen LogP contribution >= 0.6 is 35.0 Å². The summed E-state index contributed by atoms with van der Waals surface area (Å²) in [5.41, 5.74) is 4.57. The molecule has 0 saturated heterocycles. The maximum absolute atomic E-state index is 11.7. The second-order valence-corrected chi connectivity index (χ2v) is 9.49. The number of aromatic nitrogens is 2. The minimum Gasteiger partial charge on any atom is -0.453 e. The number of carbonyl (C=O) groups is 1. The number of methoxy groups -OCH3 is 1. The van der Waals surface area contributed by atoms with Gasteiger partial charge in [0, 0.05) is 48.4 Å². The normalized spacial score (nSPS) is 12.1. The van der Waals surface area contributed by atoms with Gasteiger partial charge in [-0.1, -0.05) is 55.1 Å². The van der Waals surface area contributed by atoms with Crippen LogP contribution < -0.4 is 5.32 Å². The molecule has 33 heavy (non-hydrogen) atoms. The highest BCUT2D eigenvalue weighted by Crippen LogP contribution is 2.37. The highest BCUT2D eigenvalue weighted by Gasteiger charge is 2.23. The van der Waals surface area contributed by atoms with Gasteiger partial charge in [0.2, 0.25) is 0 Å². The summed E-state index contributed by atoms with van der Waals surface area (Å²) >= 11 is 13.9. The molecule has 2 aromatic rings. The van der Waals surface area contributed by atoms with Gasteiger partial charge in [0.15, 0.2) is 0 Å². The van der Waals surface area contributed by atoms with E-state index in [-0.39, 0.29) is 5.92 Å². The molecule has 5 nitrogen and oxygen atoms in total. The first-order chi connectivity index (χ1) is 15.8. The van der Waals surface area contributed by atoms with Crippen LogP contribution in [0.3, 0.4) is 0 Å². The van der Waals surface area contributed by atoms with E-state index in [1.54, 1.807) is 30.2 Å². The Labute approximate surface area is 210 Å². The van der Waals surface area contributed by atoms with Gasteiger partial charge >= 0.3 is 6.09 Å². The molecule has 2 heterocycles. The van der Waals surface area contributed by atoms with E-state index in [0.29, 0.717) is 35.3 Å². The van der Waals surface area contributed by atoms with Gasteiger partial charge in [0.25, 0.3) is 0 Å². The molecule has 0 unspecified atom stereocenters. The molecule has 0 atom stereocenters. The van der Waals surface area contributed by atoms with E-state index in [1.807, 2.05) is 18.2 Å². The van der Waals surface area contributed by atoms with Gasteiger partial charge in [0.1, 0.15) is 0 Å². The molecule has 0 bridgehead atoms. The number of rotatable bonds is 10. The number of amides is 1. The predicted octanol–water partition coefficient (Wildman–Crippen LogP) is 6.58. The molecule has 176 valence electrons. The van der Waals surface area contributed by atoms with Crippen molar-refractivity contribution in [2.24, 2.45) is 0 Å². The Morgan fingerprint density at radius 1 is 1.33 bits per heavy atom. The van der Waals surface area contributed by atoms with Crippen molar-refractivity contribution < 1.29 is 9.53 Å². The second-order valence-electron chi connectivity index (χ2n) is 7.59. The van der Waals surface area contributed by atoms with Crippen LogP contribution in [0.1, 0.15) is 48.6 Å². The van der Waals surface area contributed by atoms with Gasteiger partial charge in [-0.3, -0.25) is 4.98 Å². The molecule has 2 rings (SSSR count). The number of thioether (sulfide) groups is 1. The van der Waals surface area contributed by atoms with Gasteiger partial charge in [-0.15, -0.1) is 18.2 Å². The van der Waals surface area contributed by atoms with Crippen molar-refractivity contribution in [1.29, 1.82) is 0 Å². The average Bonchev–Trinajstić information content (AvgIpc) is 3.07. The lowest BCUT2D eigenvalue weighted by atomic mass is 10.0. The highest BCUT2D eigenvalue weighted by atomic mass is 35.5. The maximum Gasteiger partial charge on any atom is 0.407 e. The van der Waals surface area contributed by atoms with Crippen LogP contribution in [0, 0.1) is 19.3 Å². The van der Waals surface area contributed by atoms with Gasteiger partial charge < -0.3 is 14.6 Å². The van der Waals surface area contributed by atoms with Crippen molar-refractivity contribution in [2.75, 3.05) is 12.9 Å². The minimum atomic E-state index is -0.450. The summed E-state index contributed by atoms with van der Waals surface area (Å²) in [5, 5.41) is 5.01. The first kappa shape index (κ1) is 26.9. The van der Waals surface area contributed by atoms with E-state index in [2.05, 4.69) is 41.6 Å². The summed E-state index contributed by atoms with van der Waals surface area (Å²) in [5.74, 6) is 3.32. The summed E-state index contributed by atoms with van der Waals surface area (Å²) in [6, 6.07) is 4.02. The predicted molar refractivity (Wildman–Crippen MR) is 138 cm³/mol. The van der Waals surface area contributed by atoms with Crippen LogP contribution in [0.2, 0.25) is 0 Å². The van der Waals surface area contributed by atoms with Gasteiger partial charge in [-0.25, -0.2) is 4.79 Å². The third kappa shape index (κ3) is 7.89. The smallest absolute Gasteiger partial charge is 0.407 e. The number of pyridine rings is 1. The standard InChI is InChI=1S/C25H29Cl2N3O2S/c1-6-20(26)7-8-21(27)11-14-33-24-23(17(2)3)22(15-29-25(31)32-5)18(4)30(24)16-19-9-12-28-13-10-19/h1,7,9-13,17H,8,14-16H2,2-5H3,(H,29,31)/b20-7+,21-11+. The number of hydrogen-bond acceptors (Lipinski definition) is 4. The van der Waals surface area contributed by atoms with E-state index in [4.69, 9.17) is 34.4 Å². The molecular weight excluding hydrogens is 477 g/mol. The highest BCUT2D eigenvalue weighted by molar-refractivity contribution is 7.99. The number of hydrogen-bond donors (Lipinski definition) is 1. The van der Waals surface area contributed by atoms with E-state index in [9.17, 15) is 4.79 Å². The quantitative estimate of drug-likeness (QED) is 0.292. The summed E-state index contributed by atoms with van der Waals surface area (Å²) in [4.78, 5) is 15.9. The zero-order valence-corrected chi connectivity index (χ0v) is 21.7. The monoisotopic (exact) mass is 505 g/mol. The fourth-order valence-electron chi connectivity index (χ4n) is 3.39. The minimum absolute atomic E-state index is 0.260. The lowest BCUT2D eigenvalue weighted by Crippen LogP contribution is -2.23. The van der Waals surface area contributed by atoms with E-state index >= 15 is 0 Å². The van der Waals surface area contributed by atoms with Gasteiger partial charge in [0.05, 0.1) is 17.2 Å². The molecule has 0 aliphatic heterocycles. The molecule has 0 aliphatic rings. The molecule has 0 aromatic carbocycles. The Balaban J connectivity index is 2.39.